The molecule has 3 nitrogen and oxygen atoms in total. The summed E-state index contributed by atoms with van der Waals surface area (Å²) < 4.78 is 28.7. The molecule has 0 aliphatic carbocycles. The second-order valence-corrected chi connectivity index (χ2v) is 6.50. The number of nitrogens with one attached hydrogen (secondary N) is 1. The molecule has 0 unspecified atom stereocenters. The number of aromatic amines is 1. The van der Waals surface area contributed by atoms with Crippen LogP contribution in [0.3, 0.4) is 0 Å². The first-order valence-electron chi connectivity index (χ1n) is 8.51. The molecule has 1 heterocycles. The number of H-pyrrole nitrogens is 1. The Morgan fingerprint density at radius 1 is 1.00 bits per heavy atom. The van der Waals surface area contributed by atoms with E-state index in [0.29, 0.717) is 11.8 Å². The Hall–Kier alpha value is -3.21. The van der Waals surface area contributed by atoms with Crippen LogP contribution in [0.2, 0.25) is 0 Å². The molecule has 0 radical (unpaired) electrons. The summed E-state index contributed by atoms with van der Waals surface area (Å²) in [5.74, 6) is -1.43. The number of hydrogen-bond donors (Lipinski definition) is 2. The van der Waals surface area contributed by atoms with Gasteiger partial charge in [-0.3, -0.25) is 4.79 Å². The maximum absolute atomic E-state index is 14.4. The maximum atomic E-state index is 14.4. The predicted molar refractivity (Wildman–Crippen MR) is 105 cm³/mol. The number of aldehydes is 1. The number of rotatable bonds is 4. The van der Waals surface area contributed by atoms with Gasteiger partial charge in [0, 0.05) is 28.2 Å². The van der Waals surface area contributed by atoms with Crippen molar-refractivity contribution in [3.05, 3.63) is 76.1 Å². The molecule has 0 spiro atoms. The lowest BCUT2D eigenvalue weighted by Crippen LogP contribution is -2.01. The van der Waals surface area contributed by atoms with E-state index in [9.17, 15) is 13.6 Å². The van der Waals surface area contributed by atoms with Crippen molar-refractivity contribution >= 4 is 23.6 Å². The highest BCUT2D eigenvalue weighted by molar-refractivity contribution is 6.17. The Kier molecular flexibility index (Phi) is 4.95. The molecule has 0 amide bonds. The molecule has 1 aromatic heterocycles. The van der Waals surface area contributed by atoms with Gasteiger partial charge in [-0.05, 0) is 61.7 Å². The van der Waals surface area contributed by atoms with Gasteiger partial charge < -0.3 is 10.7 Å². The van der Waals surface area contributed by atoms with E-state index in [1.54, 1.807) is 24.3 Å². The van der Waals surface area contributed by atoms with Crippen LogP contribution in [0, 0.1) is 32.4 Å². The Labute approximate surface area is 156 Å². The van der Waals surface area contributed by atoms with Gasteiger partial charge in [0.1, 0.15) is 11.6 Å². The Morgan fingerprint density at radius 3 is 2.19 bits per heavy atom. The van der Waals surface area contributed by atoms with E-state index < -0.39 is 11.6 Å². The molecule has 3 aromatic rings. The first kappa shape index (κ1) is 18.6. The molecule has 0 fully saturated rings. The number of nitrogen functional groups attached to an aromatic ring is 1. The van der Waals surface area contributed by atoms with Crippen LogP contribution < -0.4 is 5.73 Å². The van der Waals surface area contributed by atoms with Crippen molar-refractivity contribution in [2.24, 2.45) is 0 Å². The van der Waals surface area contributed by atoms with Gasteiger partial charge in [0.15, 0.2) is 6.29 Å². The molecule has 138 valence electrons. The molecule has 0 aliphatic rings. The van der Waals surface area contributed by atoms with Crippen molar-refractivity contribution in [1.29, 1.82) is 0 Å². The number of aromatic nitrogens is 1. The summed E-state index contributed by atoms with van der Waals surface area (Å²) in [5.41, 5.74) is 10.8. The molecule has 0 saturated carbocycles. The normalized spacial score (nSPS) is 11.7. The number of halogens is 2. The van der Waals surface area contributed by atoms with Crippen LogP contribution >= 0.6 is 0 Å². The lowest BCUT2D eigenvalue weighted by Gasteiger charge is -2.14. The first-order chi connectivity index (χ1) is 12.8. The van der Waals surface area contributed by atoms with Crippen LogP contribution in [0.15, 0.2) is 36.4 Å². The van der Waals surface area contributed by atoms with Gasteiger partial charge >= 0.3 is 0 Å². The third-order valence-electron chi connectivity index (χ3n) is 4.90. The number of benzene rings is 2. The summed E-state index contributed by atoms with van der Waals surface area (Å²) in [4.78, 5) is 15.1. The zero-order valence-corrected chi connectivity index (χ0v) is 15.4. The van der Waals surface area contributed by atoms with Gasteiger partial charge in [-0.2, -0.15) is 0 Å². The van der Waals surface area contributed by atoms with E-state index in [2.05, 4.69) is 4.98 Å². The largest absolute Gasteiger partial charge is 0.398 e. The molecule has 0 aliphatic heterocycles. The molecule has 0 bridgehead atoms. The van der Waals surface area contributed by atoms with E-state index in [4.69, 9.17) is 5.73 Å². The molecule has 3 rings (SSSR count). The van der Waals surface area contributed by atoms with Crippen LogP contribution in [0.25, 0.3) is 22.8 Å². The summed E-state index contributed by atoms with van der Waals surface area (Å²) in [5, 5.41) is 0. The number of nitrogens with two attached hydrogens (primary N) is 1. The van der Waals surface area contributed by atoms with E-state index in [-0.39, 0.29) is 22.4 Å². The number of carbonyl (C=O) groups is 1. The van der Waals surface area contributed by atoms with E-state index in [1.807, 2.05) is 20.8 Å². The van der Waals surface area contributed by atoms with Crippen LogP contribution in [-0.2, 0) is 4.79 Å². The van der Waals surface area contributed by atoms with Gasteiger partial charge in [0.25, 0.3) is 0 Å². The highest BCUT2D eigenvalue weighted by Crippen LogP contribution is 2.36. The van der Waals surface area contributed by atoms with Gasteiger partial charge in [-0.25, -0.2) is 8.78 Å². The monoisotopic (exact) mass is 366 g/mol. The standard InChI is InChI=1S/C22H20F2N2O/c1-12-13(2)20(26-14(12)3)10-15(11-27)21-16(6-4-9-19(21)25)22-17(23)7-5-8-18(22)24/h4-11,26H,25H2,1-3H3/b15-10+. The van der Waals surface area contributed by atoms with Gasteiger partial charge in [-0.1, -0.05) is 18.2 Å². The molecular formula is C22H20F2N2O. The number of allylic oxidation sites excluding steroid dienone is 1. The molecule has 0 saturated heterocycles. The minimum absolute atomic E-state index is 0.205. The fourth-order valence-electron chi connectivity index (χ4n) is 3.19. The zero-order valence-electron chi connectivity index (χ0n) is 15.4. The fourth-order valence-corrected chi connectivity index (χ4v) is 3.19. The predicted octanol–water partition coefficient (Wildman–Crippen LogP) is 5.21. The van der Waals surface area contributed by atoms with E-state index in [1.165, 1.54) is 18.2 Å². The summed E-state index contributed by atoms with van der Waals surface area (Å²) in [6, 6.07) is 8.42. The lowest BCUT2D eigenvalue weighted by molar-refractivity contribution is -0.103. The molecule has 2 aromatic carbocycles. The number of carbonyl (C=O) groups excluding carboxylic acids is 1. The number of hydrogen-bond acceptors (Lipinski definition) is 2. The van der Waals surface area contributed by atoms with Crippen molar-refractivity contribution < 1.29 is 13.6 Å². The van der Waals surface area contributed by atoms with Crippen molar-refractivity contribution in [3.63, 3.8) is 0 Å². The average Bonchev–Trinajstić information content (AvgIpc) is 2.87. The SMILES string of the molecule is Cc1[nH]c(/C=C(\C=O)c2c(N)cccc2-c2c(F)cccc2F)c(C)c1C. The lowest BCUT2D eigenvalue weighted by atomic mass is 9.92. The topological polar surface area (TPSA) is 58.9 Å². The summed E-state index contributed by atoms with van der Waals surface area (Å²) in [6.45, 7) is 5.87. The average molecular weight is 366 g/mol. The summed E-state index contributed by atoms with van der Waals surface area (Å²) in [6.07, 6.45) is 2.31. The first-order valence-corrected chi connectivity index (χ1v) is 8.51. The summed E-state index contributed by atoms with van der Waals surface area (Å²) in [7, 11) is 0. The Bertz CT molecular complexity index is 1040. The van der Waals surface area contributed by atoms with E-state index in [0.717, 1.165) is 22.5 Å². The number of aryl methyl sites for hydroxylation is 1. The van der Waals surface area contributed by atoms with E-state index >= 15 is 0 Å². The number of anilines is 1. The van der Waals surface area contributed by atoms with Gasteiger partial charge in [-0.15, -0.1) is 0 Å². The highest BCUT2D eigenvalue weighted by atomic mass is 19.1. The second-order valence-electron chi connectivity index (χ2n) is 6.50. The van der Waals surface area contributed by atoms with Gasteiger partial charge in [0.2, 0.25) is 0 Å². The summed E-state index contributed by atoms with van der Waals surface area (Å²) >= 11 is 0. The van der Waals surface area contributed by atoms with Crippen molar-refractivity contribution in [1.82, 2.24) is 4.98 Å². The second kappa shape index (κ2) is 7.19. The molecule has 0 atom stereocenters. The third kappa shape index (κ3) is 3.28. The zero-order chi connectivity index (χ0) is 19.7. The third-order valence-corrected chi connectivity index (χ3v) is 4.90. The molecule has 27 heavy (non-hydrogen) atoms. The minimum atomic E-state index is -0.713. The Balaban J connectivity index is 2.28. The smallest absolute Gasteiger partial charge is 0.150 e. The van der Waals surface area contributed by atoms with Crippen molar-refractivity contribution in [2.75, 3.05) is 5.73 Å². The Morgan fingerprint density at radius 2 is 1.63 bits per heavy atom. The quantitative estimate of drug-likeness (QED) is 0.378. The van der Waals surface area contributed by atoms with Crippen LogP contribution in [0.4, 0.5) is 14.5 Å². The highest BCUT2D eigenvalue weighted by Gasteiger charge is 2.19. The van der Waals surface area contributed by atoms with Crippen LogP contribution in [0.5, 0.6) is 0 Å². The van der Waals surface area contributed by atoms with Crippen molar-refractivity contribution in [2.45, 2.75) is 20.8 Å². The molecular weight excluding hydrogens is 346 g/mol. The van der Waals surface area contributed by atoms with Crippen LogP contribution in [-0.4, -0.2) is 11.3 Å². The molecule has 3 N–H and O–H groups in total. The maximum Gasteiger partial charge on any atom is 0.150 e. The minimum Gasteiger partial charge on any atom is -0.398 e. The molecule has 5 heteroatoms. The van der Waals surface area contributed by atoms with Gasteiger partial charge in [0.05, 0.1) is 5.56 Å². The fraction of sp³-hybridized carbons (Fsp3) is 0.136. The van der Waals surface area contributed by atoms with Crippen LogP contribution in [0.1, 0.15) is 28.1 Å². The van der Waals surface area contributed by atoms with Crippen molar-refractivity contribution in [3.8, 4) is 11.1 Å².